The summed E-state index contributed by atoms with van der Waals surface area (Å²) in [6.45, 7) is 3.12. The average Bonchev–Trinajstić information content (AvgIpc) is 2.78. The molecule has 1 atom stereocenters. The first-order valence-corrected chi connectivity index (χ1v) is 9.06. The molecule has 0 radical (unpaired) electrons. The number of hydrogen-bond acceptors (Lipinski definition) is 6. The van der Waals surface area contributed by atoms with E-state index in [2.05, 4.69) is 28.6 Å². The summed E-state index contributed by atoms with van der Waals surface area (Å²) in [6.07, 6.45) is 0.738. The Morgan fingerprint density at radius 2 is 1.70 bits per heavy atom. The van der Waals surface area contributed by atoms with Crippen LogP contribution in [0.15, 0.2) is 0 Å². The van der Waals surface area contributed by atoms with Gasteiger partial charge in [0.1, 0.15) is 5.54 Å². The van der Waals surface area contributed by atoms with E-state index >= 15 is 0 Å². The summed E-state index contributed by atoms with van der Waals surface area (Å²) < 4.78 is 0. The zero-order chi connectivity index (χ0) is 20.8. The number of carbonyl (C=O) groups is 5. The predicted octanol–water partition coefficient (Wildman–Crippen LogP) is -1.28. The van der Waals surface area contributed by atoms with Gasteiger partial charge in [0.15, 0.2) is 0 Å². The first-order chi connectivity index (χ1) is 12.5. The second-order valence-electron chi connectivity index (χ2n) is 6.68. The van der Waals surface area contributed by atoms with Gasteiger partial charge >= 0.3 is 6.03 Å². The molecule has 152 valence electrons. The Bertz CT molecular complexity index is 624. The Kier molecular flexibility index (Phi) is 8.07. The van der Waals surface area contributed by atoms with Crippen LogP contribution < -0.4 is 16.0 Å². The van der Waals surface area contributed by atoms with E-state index < -0.39 is 22.6 Å². The fourth-order valence-corrected chi connectivity index (χ4v) is 2.64. The minimum atomic E-state index is -0.878. The standard InChI is InChI=1S/C16H27N5O5S/c1-16(2)14(25)21(15(26)20(16)4)7-5-6-10(27)13(24)19-9-12(23)18-8-11(22)17-3/h10,27H,5-9H2,1-4H3,(H,17,22)(H,18,23)(H,19,24). The third-order valence-corrected chi connectivity index (χ3v) is 4.93. The highest BCUT2D eigenvalue weighted by Crippen LogP contribution is 2.26. The third kappa shape index (κ3) is 5.84. The number of nitrogens with zero attached hydrogens (tertiary/aromatic N) is 2. The molecule has 1 heterocycles. The number of likely N-dealkylation sites (N-methyl/N-ethyl adjacent to an activating group) is 2. The lowest BCUT2D eigenvalue weighted by atomic mass is 10.1. The number of carbonyl (C=O) groups excluding carboxylic acids is 5. The zero-order valence-corrected chi connectivity index (χ0v) is 16.9. The second kappa shape index (κ2) is 9.58. The van der Waals surface area contributed by atoms with Crippen molar-refractivity contribution in [1.29, 1.82) is 0 Å². The van der Waals surface area contributed by atoms with Crippen LogP contribution in [-0.2, 0) is 19.2 Å². The van der Waals surface area contributed by atoms with Crippen molar-refractivity contribution in [3.8, 4) is 0 Å². The molecule has 0 aromatic rings. The van der Waals surface area contributed by atoms with E-state index in [9.17, 15) is 24.0 Å². The van der Waals surface area contributed by atoms with Crippen LogP contribution in [0, 0.1) is 0 Å². The fourth-order valence-electron chi connectivity index (χ4n) is 2.37. The largest absolute Gasteiger partial charge is 0.358 e. The highest BCUT2D eigenvalue weighted by molar-refractivity contribution is 7.81. The van der Waals surface area contributed by atoms with Crippen LogP contribution in [0.1, 0.15) is 26.7 Å². The van der Waals surface area contributed by atoms with Gasteiger partial charge < -0.3 is 20.9 Å². The van der Waals surface area contributed by atoms with E-state index in [1.807, 2.05) is 0 Å². The molecule has 0 aromatic carbocycles. The molecule has 1 unspecified atom stereocenters. The molecule has 0 saturated carbocycles. The van der Waals surface area contributed by atoms with Crippen LogP contribution >= 0.6 is 12.6 Å². The van der Waals surface area contributed by atoms with Gasteiger partial charge in [-0.15, -0.1) is 0 Å². The normalized spacial score (nSPS) is 16.9. The van der Waals surface area contributed by atoms with Crippen LogP contribution in [0.2, 0.25) is 0 Å². The Labute approximate surface area is 163 Å². The maximum atomic E-state index is 12.3. The second-order valence-corrected chi connectivity index (χ2v) is 7.31. The molecule has 6 amide bonds. The topological polar surface area (TPSA) is 128 Å². The van der Waals surface area contributed by atoms with E-state index in [-0.39, 0.29) is 37.5 Å². The summed E-state index contributed by atoms with van der Waals surface area (Å²) in [6, 6.07) is -0.363. The molecule has 1 aliphatic heterocycles. The van der Waals surface area contributed by atoms with Crippen molar-refractivity contribution in [1.82, 2.24) is 25.8 Å². The molecule has 0 spiro atoms. The van der Waals surface area contributed by atoms with Gasteiger partial charge in [0.05, 0.1) is 18.3 Å². The van der Waals surface area contributed by atoms with E-state index in [4.69, 9.17) is 0 Å². The van der Waals surface area contributed by atoms with Crippen LogP contribution in [0.3, 0.4) is 0 Å². The molecular formula is C16H27N5O5S. The first-order valence-electron chi connectivity index (χ1n) is 8.55. The molecular weight excluding hydrogens is 374 g/mol. The number of nitrogens with one attached hydrogen (secondary N) is 3. The van der Waals surface area contributed by atoms with Gasteiger partial charge in [-0.3, -0.25) is 24.1 Å². The van der Waals surface area contributed by atoms with Gasteiger partial charge in [-0.25, -0.2) is 4.79 Å². The van der Waals surface area contributed by atoms with Crippen LogP contribution in [0.4, 0.5) is 4.79 Å². The number of imide groups is 1. The molecule has 0 aliphatic carbocycles. The summed E-state index contributed by atoms with van der Waals surface area (Å²) in [4.78, 5) is 61.4. The zero-order valence-electron chi connectivity index (χ0n) is 16.0. The van der Waals surface area contributed by atoms with Crippen LogP contribution in [0.5, 0.6) is 0 Å². The van der Waals surface area contributed by atoms with Crippen molar-refractivity contribution in [3.05, 3.63) is 0 Å². The molecule has 27 heavy (non-hydrogen) atoms. The average molecular weight is 401 g/mol. The molecule has 1 fully saturated rings. The minimum Gasteiger partial charge on any atom is -0.358 e. The fraction of sp³-hybridized carbons (Fsp3) is 0.688. The maximum Gasteiger partial charge on any atom is 0.327 e. The quantitative estimate of drug-likeness (QED) is 0.283. The smallest absolute Gasteiger partial charge is 0.327 e. The summed E-state index contributed by atoms with van der Waals surface area (Å²) in [5, 5.41) is 6.45. The van der Waals surface area contributed by atoms with Gasteiger partial charge in [0.2, 0.25) is 17.7 Å². The number of thiol groups is 1. The van der Waals surface area contributed by atoms with Crippen molar-refractivity contribution < 1.29 is 24.0 Å². The highest BCUT2D eigenvalue weighted by atomic mass is 32.1. The van der Waals surface area contributed by atoms with Crippen molar-refractivity contribution in [2.45, 2.75) is 37.5 Å². The summed E-state index contributed by atoms with van der Waals surface area (Å²) in [5.41, 5.74) is -0.878. The van der Waals surface area contributed by atoms with Crippen molar-refractivity contribution in [3.63, 3.8) is 0 Å². The van der Waals surface area contributed by atoms with Crippen molar-refractivity contribution in [2.24, 2.45) is 0 Å². The highest BCUT2D eigenvalue weighted by Gasteiger charge is 2.48. The predicted molar refractivity (Wildman–Crippen MR) is 101 cm³/mol. The molecule has 1 aliphatic rings. The minimum absolute atomic E-state index is 0.168. The number of rotatable bonds is 9. The molecule has 11 heteroatoms. The molecule has 1 rings (SSSR count). The van der Waals surface area contributed by atoms with E-state index in [0.717, 1.165) is 0 Å². The number of amides is 6. The van der Waals surface area contributed by atoms with Crippen LogP contribution in [0.25, 0.3) is 0 Å². The molecule has 1 saturated heterocycles. The monoisotopic (exact) mass is 401 g/mol. The van der Waals surface area contributed by atoms with Crippen molar-refractivity contribution >= 4 is 42.3 Å². The summed E-state index contributed by atoms with van der Waals surface area (Å²) in [7, 11) is 3.02. The maximum absolute atomic E-state index is 12.3. The van der Waals surface area contributed by atoms with Gasteiger partial charge in [0.25, 0.3) is 5.91 Å². The Hall–Kier alpha value is -2.30. The lowest BCUT2D eigenvalue weighted by Crippen LogP contribution is -2.43. The van der Waals surface area contributed by atoms with E-state index in [1.54, 1.807) is 20.9 Å². The third-order valence-electron chi connectivity index (χ3n) is 4.43. The first kappa shape index (κ1) is 22.7. The van der Waals surface area contributed by atoms with Crippen molar-refractivity contribution in [2.75, 3.05) is 33.7 Å². The Balaban J connectivity index is 2.34. The van der Waals surface area contributed by atoms with Gasteiger partial charge in [-0.1, -0.05) is 0 Å². The van der Waals surface area contributed by atoms with E-state index in [1.165, 1.54) is 16.8 Å². The Morgan fingerprint density at radius 3 is 2.22 bits per heavy atom. The summed E-state index contributed by atoms with van der Waals surface area (Å²) >= 11 is 4.19. The van der Waals surface area contributed by atoms with Crippen LogP contribution in [-0.4, -0.2) is 84.0 Å². The molecule has 3 N–H and O–H groups in total. The molecule has 0 bridgehead atoms. The SMILES string of the molecule is CNC(=O)CNC(=O)CNC(=O)C(S)CCCN1C(=O)N(C)C(C)(C)C1=O. The number of hydrogen-bond donors (Lipinski definition) is 4. The molecule has 10 nitrogen and oxygen atoms in total. The van der Waals surface area contributed by atoms with Gasteiger partial charge in [-0.2, -0.15) is 12.6 Å². The summed E-state index contributed by atoms with van der Waals surface area (Å²) in [5.74, 6) is -1.56. The van der Waals surface area contributed by atoms with E-state index in [0.29, 0.717) is 12.8 Å². The lowest BCUT2D eigenvalue weighted by Gasteiger charge is -2.22. The Morgan fingerprint density at radius 1 is 1.11 bits per heavy atom. The van der Waals surface area contributed by atoms with Gasteiger partial charge in [-0.05, 0) is 26.7 Å². The lowest BCUT2D eigenvalue weighted by molar-refractivity contribution is -0.131. The van der Waals surface area contributed by atoms with Gasteiger partial charge in [0, 0.05) is 20.6 Å². The molecule has 0 aromatic heterocycles. The number of urea groups is 1.